The second kappa shape index (κ2) is 5.06. The Balaban J connectivity index is 2.34. The number of carbonyl (C=O) groups is 1. The molecule has 7 heteroatoms. The van der Waals surface area contributed by atoms with Crippen molar-refractivity contribution in [2.75, 3.05) is 11.9 Å². The van der Waals surface area contributed by atoms with Crippen molar-refractivity contribution in [2.45, 2.75) is 37.7 Å². The number of rotatable bonds is 4. The molecule has 0 radical (unpaired) electrons. The molecule has 6 nitrogen and oxygen atoms in total. The van der Waals surface area contributed by atoms with Crippen molar-refractivity contribution in [1.82, 2.24) is 4.72 Å². The molecule has 0 aliphatic carbocycles. The topological polar surface area (TPSA) is 84.5 Å². The van der Waals surface area contributed by atoms with Gasteiger partial charge in [0.2, 0.25) is 10.0 Å². The second-order valence-corrected chi connectivity index (χ2v) is 6.89. The maximum absolute atomic E-state index is 12.0. The summed E-state index contributed by atoms with van der Waals surface area (Å²) in [6.45, 7) is 5.55. The number of sulfonamides is 1. The van der Waals surface area contributed by atoms with Gasteiger partial charge in [0, 0.05) is 6.54 Å². The molecule has 1 aliphatic heterocycles. The summed E-state index contributed by atoms with van der Waals surface area (Å²) in [4.78, 5) is 11.9. The first-order valence-corrected chi connectivity index (χ1v) is 7.89. The predicted octanol–water partition coefficient (Wildman–Crippen LogP) is 1.48. The molecular weight excluding hydrogens is 280 g/mol. The van der Waals surface area contributed by atoms with Crippen molar-refractivity contribution in [3.05, 3.63) is 18.2 Å². The number of anilines is 1. The zero-order valence-corrected chi connectivity index (χ0v) is 12.5. The van der Waals surface area contributed by atoms with E-state index in [1.165, 1.54) is 12.1 Å². The summed E-state index contributed by atoms with van der Waals surface area (Å²) in [7, 11) is -3.56. The zero-order chi connectivity index (χ0) is 15.0. The summed E-state index contributed by atoms with van der Waals surface area (Å²) in [5.41, 5.74) is -0.595. The number of carbonyl (C=O) groups excluding carboxylic acids is 1. The Kier molecular flexibility index (Phi) is 3.75. The number of benzene rings is 1. The molecule has 1 amide bonds. The fraction of sp³-hybridized carbons (Fsp3) is 0.462. The summed E-state index contributed by atoms with van der Waals surface area (Å²) in [6.07, 6.45) is 0.707. The average Bonchev–Trinajstić information content (AvgIpc) is 2.37. The standard InChI is InChI=1S/C13H18N2O4S/c1-4-7-14-20(17,18)9-5-6-11-10(8-9)15-12(16)13(2,3)19-11/h5-6,8,14H,4,7H2,1-3H3,(H,15,16). The number of hydrogen-bond donors (Lipinski definition) is 2. The summed E-state index contributed by atoms with van der Waals surface area (Å²) < 4.78 is 32.1. The highest BCUT2D eigenvalue weighted by atomic mass is 32.2. The van der Waals surface area contributed by atoms with Crippen LogP contribution in [0.5, 0.6) is 5.75 Å². The Morgan fingerprint density at radius 1 is 1.35 bits per heavy atom. The maximum atomic E-state index is 12.0. The summed E-state index contributed by atoms with van der Waals surface area (Å²) in [5, 5.41) is 2.66. The van der Waals surface area contributed by atoms with Gasteiger partial charge in [-0.15, -0.1) is 0 Å². The van der Waals surface area contributed by atoms with Gasteiger partial charge in [-0.05, 0) is 38.5 Å². The first-order chi connectivity index (χ1) is 9.26. The normalized spacial score (nSPS) is 17.1. The monoisotopic (exact) mass is 298 g/mol. The molecule has 1 aromatic rings. The van der Waals surface area contributed by atoms with Gasteiger partial charge in [-0.3, -0.25) is 4.79 Å². The minimum Gasteiger partial charge on any atom is -0.476 e. The smallest absolute Gasteiger partial charge is 0.268 e. The van der Waals surface area contributed by atoms with Crippen LogP contribution in [0.3, 0.4) is 0 Å². The quantitative estimate of drug-likeness (QED) is 0.882. The van der Waals surface area contributed by atoms with Gasteiger partial charge in [0.1, 0.15) is 5.75 Å². The molecule has 20 heavy (non-hydrogen) atoms. The van der Waals surface area contributed by atoms with Gasteiger partial charge in [-0.25, -0.2) is 13.1 Å². The van der Waals surface area contributed by atoms with Crippen LogP contribution < -0.4 is 14.8 Å². The Hall–Kier alpha value is -1.60. The molecule has 1 aromatic carbocycles. The lowest BCUT2D eigenvalue weighted by molar-refractivity contribution is -0.129. The van der Waals surface area contributed by atoms with Gasteiger partial charge in [0.05, 0.1) is 10.6 Å². The minimum absolute atomic E-state index is 0.105. The lowest BCUT2D eigenvalue weighted by Gasteiger charge is -2.31. The third-order valence-electron chi connectivity index (χ3n) is 2.96. The molecule has 0 atom stereocenters. The predicted molar refractivity (Wildman–Crippen MR) is 75.3 cm³/mol. The van der Waals surface area contributed by atoms with Gasteiger partial charge in [0.25, 0.3) is 5.91 Å². The van der Waals surface area contributed by atoms with E-state index in [0.29, 0.717) is 24.4 Å². The van der Waals surface area contributed by atoms with E-state index in [9.17, 15) is 13.2 Å². The molecule has 0 aromatic heterocycles. The van der Waals surface area contributed by atoms with Gasteiger partial charge in [0.15, 0.2) is 5.60 Å². The van der Waals surface area contributed by atoms with Gasteiger partial charge in [-0.2, -0.15) is 0 Å². The molecule has 1 aliphatic rings. The fourth-order valence-electron chi connectivity index (χ4n) is 1.78. The summed E-state index contributed by atoms with van der Waals surface area (Å²) >= 11 is 0. The Labute approximate surface area is 118 Å². The Morgan fingerprint density at radius 2 is 2.05 bits per heavy atom. The first-order valence-electron chi connectivity index (χ1n) is 6.40. The molecule has 0 fully saturated rings. The maximum Gasteiger partial charge on any atom is 0.268 e. The van der Waals surface area contributed by atoms with E-state index in [1.807, 2.05) is 6.92 Å². The van der Waals surface area contributed by atoms with E-state index in [0.717, 1.165) is 0 Å². The number of ether oxygens (including phenoxy) is 1. The third kappa shape index (κ3) is 2.78. The lowest BCUT2D eigenvalue weighted by Crippen LogP contribution is -2.45. The Bertz CT molecular complexity index is 638. The van der Waals surface area contributed by atoms with Crippen molar-refractivity contribution < 1.29 is 17.9 Å². The zero-order valence-electron chi connectivity index (χ0n) is 11.7. The molecule has 110 valence electrons. The van der Waals surface area contributed by atoms with Crippen LogP contribution >= 0.6 is 0 Å². The third-order valence-corrected chi connectivity index (χ3v) is 4.42. The van der Waals surface area contributed by atoms with Crippen LogP contribution in [-0.2, 0) is 14.8 Å². The number of amides is 1. The van der Waals surface area contributed by atoms with Crippen LogP contribution in [0.4, 0.5) is 5.69 Å². The molecule has 0 bridgehead atoms. The molecule has 0 saturated heterocycles. The van der Waals surface area contributed by atoms with Crippen LogP contribution in [-0.4, -0.2) is 26.5 Å². The Morgan fingerprint density at radius 3 is 2.70 bits per heavy atom. The van der Waals surface area contributed by atoms with E-state index < -0.39 is 15.6 Å². The van der Waals surface area contributed by atoms with E-state index in [-0.39, 0.29) is 10.8 Å². The molecule has 2 rings (SSSR count). The van der Waals surface area contributed by atoms with E-state index >= 15 is 0 Å². The van der Waals surface area contributed by atoms with E-state index in [4.69, 9.17) is 4.74 Å². The van der Waals surface area contributed by atoms with Crippen LogP contribution in [0, 0.1) is 0 Å². The highest BCUT2D eigenvalue weighted by Crippen LogP contribution is 2.35. The first kappa shape index (κ1) is 14.8. The molecule has 2 N–H and O–H groups in total. The molecule has 0 saturated carbocycles. The van der Waals surface area contributed by atoms with Crippen LogP contribution in [0.25, 0.3) is 0 Å². The van der Waals surface area contributed by atoms with E-state index in [1.54, 1.807) is 19.9 Å². The van der Waals surface area contributed by atoms with Crippen molar-refractivity contribution in [2.24, 2.45) is 0 Å². The van der Waals surface area contributed by atoms with Gasteiger partial charge in [-0.1, -0.05) is 6.92 Å². The van der Waals surface area contributed by atoms with E-state index in [2.05, 4.69) is 10.0 Å². The minimum atomic E-state index is -3.56. The summed E-state index contributed by atoms with van der Waals surface area (Å²) in [6, 6.07) is 4.42. The number of nitrogens with one attached hydrogen (secondary N) is 2. The molecule has 1 heterocycles. The van der Waals surface area contributed by atoms with Crippen LogP contribution in [0.15, 0.2) is 23.1 Å². The highest BCUT2D eigenvalue weighted by Gasteiger charge is 2.35. The highest BCUT2D eigenvalue weighted by molar-refractivity contribution is 7.89. The van der Waals surface area contributed by atoms with Crippen LogP contribution in [0.1, 0.15) is 27.2 Å². The van der Waals surface area contributed by atoms with Crippen molar-refractivity contribution in [3.63, 3.8) is 0 Å². The van der Waals surface area contributed by atoms with Gasteiger partial charge < -0.3 is 10.1 Å². The van der Waals surface area contributed by atoms with Crippen LogP contribution in [0.2, 0.25) is 0 Å². The second-order valence-electron chi connectivity index (χ2n) is 5.12. The largest absolute Gasteiger partial charge is 0.476 e. The SMILES string of the molecule is CCCNS(=O)(=O)c1ccc2c(c1)NC(=O)C(C)(C)O2. The summed E-state index contributed by atoms with van der Waals surface area (Å²) in [5.74, 6) is 0.158. The van der Waals surface area contributed by atoms with Crippen molar-refractivity contribution in [3.8, 4) is 5.75 Å². The molecule has 0 unspecified atom stereocenters. The number of hydrogen-bond acceptors (Lipinski definition) is 4. The number of fused-ring (bicyclic) bond motifs is 1. The van der Waals surface area contributed by atoms with Crippen molar-refractivity contribution in [1.29, 1.82) is 0 Å². The average molecular weight is 298 g/mol. The van der Waals surface area contributed by atoms with Crippen molar-refractivity contribution >= 4 is 21.6 Å². The van der Waals surface area contributed by atoms with Gasteiger partial charge >= 0.3 is 0 Å². The molecule has 0 spiro atoms. The molecular formula is C13H18N2O4S. The lowest BCUT2D eigenvalue weighted by atomic mass is 10.1. The fourth-order valence-corrected chi connectivity index (χ4v) is 2.94.